The third-order valence-corrected chi connectivity index (χ3v) is 3.28. The minimum atomic E-state index is -0.828. The Bertz CT molecular complexity index is 185. The lowest BCUT2D eigenvalue weighted by molar-refractivity contribution is -0.149. The summed E-state index contributed by atoms with van der Waals surface area (Å²) in [6.07, 6.45) is 5.24. The summed E-state index contributed by atoms with van der Waals surface area (Å²) in [4.78, 5) is 11.0. The molecule has 14 heavy (non-hydrogen) atoms. The van der Waals surface area contributed by atoms with Crippen LogP contribution in [0.25, 0.3) is 0 Å². The summed E-state index contributed by atoms with van der Waals surface area (Å²) >= 11 is 0. The molecular weight excluding hydrogens is 180 g/mol. The van der Waals surface area contributed by atoms with Crippen molar-refractivity contribution in [3.8, 4) is 0 Å². The molecule has 0 saturated heterocycles. The Morgan fingerprint density at radius 3 is 2.36 bits per heavy atom. The third-order valence-electron chi connectivity index (χ3n) is 3.28. The summed E-state index contributed by atoms with van der Waals surface area (Å²) in [6.45, 7) is 1.84. The fourth-order valence-electron chi connectivity index (χ4n) is 2.43. The molecule has 1 aliphatic rings. The van der Waals surface area contributed by atoms with Gasteiger partial charge in [0.15, 0.2) is 0 Å². The molecule has 1 saturated carbocycles. The molecule has 2 N–H and O–H groups in total. The van der Waals surface area contributed by atoms with Crippen LogP contribution in [0.15, 0.2) is 0 Å². The zero-order valence-electron chi connectivity index (χ0n) is 8.78. The average Bonchev–Trinajstić information content (AvgIpc) is 2.19. The van der Waals surface area contributed by atoms with Gasteiger partial charge in [-0.05, 0) is 25.2 Å². The molecule has 3 nitrogen and oxygen atoms in total. The lowest BCUT2D eigenvalue weighted by Crippen LogP contribution is -2.35. The topological polar surface area (TPSA) is 57.5 Å². The van der Waals surface area contributed by atoms with E-state index in [0.717, 1.165) is 25.7 Å². The lowest BCUT2D eigenvalue weighted by Gasteiger charge is -2.30. The first-order chi connectivity index (χ1) is 6.66. The molecule has 2 unspecified atom stereocenters. The number of aliphatic hydroxyl groups is 1. The number of aliphatic hydroxyl groups excluding tert-OH is 1. The minimum Gasteiger partial charge on any atom is -0.481 e. The number of carboxylic acid groups (broad SMARTS) is 1. The van der Waals surface area contributed by atoms with E-state index in [4.69, 9.17) is 5.11 Å². The molecule has 0 aromatic rings. The predicted octanol–water partition coefficient (Wildman–Crippen LogP) is 2.04. The maximum absolute atomic E-state index is 11.0. The van der Waals surface area contributed by atoms with Crippen molar-refractivity contribution in [3.63, 3.8) is 0 Å². The molecule has 2 atom stereocenters. The normalized spacial score (nSPS) is 23.0. The number of aliphatic carboxylic acids is 1. The number of carboxylic acids is 1. The van der Waals surface area contributed by atoms with Crippen LogP contribution in [-0.2, 0) is 4.79 Å². The first kappa shape index (κ1) is 11.5. The summed E-state index contributed by atoms with van der Waals surface area (Å²) in [6, 6.07) is 0. The largest absolute Gasteiger partial charge is 0.481 e. The molecule has 0 amide bonds. The summed E-state index contributed by atoms with van der Waals surface area (Å²) in [5.41, 5.74) is 0. The maximum atomic E-state index is 11.0. The van der Waals surface area contributed by atoms with E-state index >= 15 is 0 Å². The standard InChI is InChI=1S/C11H20O3/c1-2-9(12)10(11(13)14)8-6-4-3-5-7-8/h8-10,12H,2-7H2,1H3,(H,13,14). The molecule has 0 aliphatic heterocycles. The molecule has 0 radical (unpaired) electrons. The first-order valence-corrected chi connectivity index (χ1v) is 5.57. The second kappa shape index (κ2) is 5.35. The van der Waals surface area contributed by atoms with Crippen LogP contribution >= 0.6 is 0 Å². The van der Waals surface area contributed by atoms with Crippen molar-refractivity contribution < 1.29 is 15.0 Å². The number of rotatable bonds is 4. The van der Waals surface area contributed by atoms with Crippen LogP contribution in [0, 0.1) is 11.8 Å². The summed E-state index contributed by atoms with van der Waals surface area (Å²) in [7, 11) is 0. The molecule has 0 aromatic heterocycles. The SMILES string of the molecule is CCC(O)C(C(=O)O)C1CCCCC1. The molecular formula is C11H20O3. The maximum Gasteiger partial charge on any atom is 0.309 e. The number of hydrogen-bond donors (Lipinski definition) is 2. The van der Waals surface area contributed by atoms with Gasteiger partial charge in [-0.25, -0.2) is 0 Å². The Morgan fingerprint density at radius 1 is 1.36 bits per heavy atom. The van der Waals surface area contributed by atoms with Crippen LogP contribution in [0.3, 0.4) is 0 Å². The fourth-order valence-corrected chi connectivity index (χ4v) is 2.43. The van der Waals surface area contributed by atoms with E-state index in [1.54, 1.807) is 0 Å². The molecule has 0 heterocycles. The van der Waals surface area contributed by atoms with E-state index in [1.165, 1.54) is 6.42 Å². The van der Waals surface area contributed by atoms with Gasteiger partial charge in [-0.2, -0.15) is 0 Å². The van der Waals surface area contributed by atoms with E-state index in [0.29, 0.717) is 6.42 Å². The van der Waals surface area contributed by atoms with Crippen molar-refractivity contribution in [2.75, 3.05) is 0 Å². The first-order valence-electron chi connectivity index (χ1n) is 5.57. The van der Waals surface area contributed by atoms with Gasteiger partial charge in [-0.1, -0.05) is 26.2 Å². The molecule has 1 fully saturated rings. The van der Waals surface area contributed by atoms with Gasteiger partial charge in [0, 0.05) is 0 Å². The van der Waals surface area contributed by atoms with Crippen LogP contribution in [0.2, 0.25) is 0 Å². The molecule has 1 rings (SSSR count). The van der Waals surface area contributed by atoms with Crippen LogP contribution in [0.1, 0.15) is 45.4 Å². The number of hydrogen-bond acceptors (Lipinski definition) is 2. The van der Waals surface area contributed by atoms with E-state index in [2.05, 4.69) is 0 Å². The van der Waals surface area contributed by atoms with E-state index < -0.39 is 18.0 Å². The predicted molar refractivity (Wildman–Crippen MR) is 54.0 cm³/mol. The monoisotopic (exact) mass is 200 g/mol. The third kappa shape index (κ3) is 2.71. The van der Waals surface area contributed by atoms with Crippen molar-refractivity contribution in [1.82, 2.24) is 0 Å². The van der Waals surface area contributed by atoms with Gasteiger partial charge in [0.05, 0.1) is 12.0 Å². The van der Waals surface area contributed by atoms with E-state index in [-0.39, 0.29) is 5.92 Å². The molecule has 82 valence electrons. The molecule has 0 bridgehead atoms. The molecule has 0 aromatic carbocycles. The second-order valence-corrected chi connectivity index (χ2v) is 4.24. The summed E-state index contributed by atoms with van der Waals surface area (Å²) in [5, 5.41) is 18.7. The van der Waals surface area contributed by atoms with Crippen molar-refractivity contribution in [1.29, 1.82) is 0 Å². The molecule has 0 spiro atoms. The highest BCUT2D eigenvalue weighted by atomic mass is 16.4. The zero-order chi connectivity index (χ0) is 10.6. The van der Waals surface area contributed by atoms with Gasteiger partial charge >= 0.3 is 5.97 Å². The van der Waals surface area contributed by atoms with Crippen LogP contribution in [-0.4, -0.2) is 22.3 Å². The Morgan fingerprint density at radius 2 is 1.93 bits per heavy atom. The van der Waals surface area contributed by atoms with Crippen molar-refractivity contribution >= 4 is 5.97 Å². The van der Waals surface area contributed by atoms with Gasteiger partial charge in [0.1, 0.15) is 0 Å². The summed E-state index contributed by atoms with van der Waals surface area (Å²) < 4.78 is 0. The Balaban J connectivity index is 2.60. The quantitative estimate of drug-likeness (QED) is 0.730. The highest BCUT2D eigenvalue weighted by Crippen LogP contribution is 2.32. The fraction of sp³-hybridized carbons (Fsp3) is 0.909. The zero-order valence-corrected chi connectivity index (χ0v) is 8.78. The molecule has 1 aliphatic carbocycles. The van der Waals surface area contributed by atoms with Crippen LogP contribution < -0.4 is 0 Å². The van der Waals surface area contributed by atoms with Gasteiger partial charge < -0.3 is 10.2 Å². The summed E-state index contributed by atoms with van der Waals surface area (Å²) in [5.74, 6) is -1.18. The van der Waals surface area contributed by atoms with Crippen molar-refractivity contribution in [2.24, 2.45) is 11.8 Å². The van der Waals surface area contributed by atoms with Crippen LogP contribution in [0.4, 0.5) is 0 Å². The molecule has 3 heteroatoms. The average molecular weight is 200 g/mol. The van der Waals surface area contributed by atoms with Gasteiger partial charge in [-0.3, -0.25) is 4.79 Å². The van der Waals surface area contributed by atoms with Gasteiger partial charge in [0.2, 0.25) is 0 Å². The second-order valence-electron chi connectivity index (χ2n) is 4.24. The Kier molecular flexibility index (Phi) is 4.39. The Labute approximate surface area is 85.1 Å². The van der Waals surface area contributed by atoms with Gasteiger partial charge in [-0.15, -0.1) is 0 Å². The lowest BCUT2D eigenvalue weighted by atomic mass is 9.77. The van der Waals surface area contributed by atoms with E-state index in [1.807, 2.05) is 6.92 Å². The highest BCUT2D eigenvalue weighted by molar-refractivity contribution is 5.71. The smallest absolute Gasteiger partial charge is 0.309 e. The van der Waals surface area contributed by atoms with E-state index in [9.17, 15) is 9.90 Å². The van der Waals surface area contributed by atoms with Gasteiger partial charge in [0.25, 0.3) is 0 Å². The highest BCUT2D eigenvalue weighted by Gasteiger charge is 2.34. The Hall–Kier alpha value is -0.570. The minimum absolute atomic E-state index is 0.191. The van der Waals surface area contributed by atoms with Crippen molar-refractivity contribution in [2.45, 2.75) is 51.6 Å². The van der Waals surface area contributed by atoms with Crippen molar-refractivity contribution in [3.05, 3.63) is 0 Å². The van der Waals surface area contributed by atoms with Crippen LogP contribution in [0.5, 0.6) is 0 Å². The number of carbonyl (C=O) groups is 1.